The minimum absolute atomic E-state index is 0.124. The number of nitrogens with zero attached hydrogens (tertiary/aromatic N) is 1. The number of aromatic carboxylic acids is 1. The average molecular weight is 207 g/mol. The molecule has 1 N–H and O–H groups in total. The lowest BCUT2D eigenvalue weighted by molar-refractivity contribution is -0.116. The largest absolute Gasteiger partial charge is 0.478 e. The first-order valence-electron chi connectivity index (χ1n) is 4.52. The first kappa shape index (κ1) is 11.2. The molecule has 4 heteroatoms. The van der Waals surface area contributed by atoms with Gasteiger partial charge in [-0.1, -0.05) is 6.07 Å². The van der Waals surface area contributed by atoms with Crippen LogP contribution in [0.15, 0.2) is 18.2 Å². The van der Waals surface area contributed by atoms with Crippen LogP contribution in [-0.4, -0.2) is 24.0 Å². The van der Waals surface area contributed by atoms with Crippen LogP contribution in [0.2, 0.25) is 0 Å². The van der Waals surface area contributed by atoms with E-state index in [-0.39, 0.29) is 11.5 Å². The minimum atomic E-state index is -0.980. The summed E-state index contributed by atoms with van der Waals surface area (Å²) in [4.78, 5) is 23.5. The fourth-order valence-corrected chi connectivity index (χ4v) is 1.39. The third-order valence-electron chi connectivity index (χ3n) is 2.37. The average Bonchev–Trinajstić information content (AvgIpc) is 2.16. The first-order chi connectivity index (χ1) is 6.95. The van der Waals surface area contributed by atoms with Crippen molar-refractivity contribution in [1.29, 1.82) is 0 Å². The van der Waals surface area contributed by atoms with Gasteiger partial charge in [0.25, 0.3) is 0 Å². The number of benzene rings is 1. The van der Waals surface area contributed by atoms with Crippen molar-refractivity contribution in [1.82, 2.24) is 0 Å². The lowest BCUT2D eigenvalue weighted by atomic mass is 10.1. The predicted molar refractivity (Wildman–Crippen MR) is 57.2 cm³/mol. The second-order valence-corrected chi connectivity index (χ2v) is 3.33. The van der Waals surface area contributed by atoms with Crippen LogP contribution in [0.3, 0.4) is 0 Å². The molecular weight excluding hydrogens is 194 g/mol. The molecule has 0 aliphatic rings. The molecule has 0 saturated heterocycles. The van der Waals surface area contributed by atoms with Crippen LogP contribution >= 0.6 is 0 Å². The summed E-state index contributed by atoms with van der Waals surface area (Å²) in [5, 5.41) is 8.91. The first-order valence-corrected chi connectivity index (χ1v) is 4.52. The van der Waals surface area contributed by atoms with Crippen molar-refractivity contribution >= 4 is 17.6 Å². The third kappa shape index (κ3) is 2.15. The lowest BCUT2D eigenvalue weighted by Crippen LogP contribution is -2.24. The van der Waals surface area contributed by atoms with Crippen molar-refractivity contribution in [3.63, 3.8) is 0 Å². The summed E-state index contributed by atoms with van der Waals surface area (Å²) in [5.41, 5.74) is 1.45. The monoisotopic (exact) mass is 207 g/mol. The summed E-state index contributed by atoms with van der Waals surface area (Å²) in [5.74, 6) is -1.10. The molecule has 0 atom stereocenters. The molecule has 0 aliphatic carbocycles. The quantitative estimate of drug-likeness (QED) is 0.802. The maximum Gasteiger partial charge on any atom is 0.336 e. The van der Waals surface area contributed by atoms with E-state index in [9.17, 15) is 9.59 Å². The standard InChI is InChI=1S/C11H13NO3/c1-7-9(11(14)15)5-4-6-10(7)12(3)8(2)13/h4-6H,1-3H3,(H,14,15). The van der Waals surface area contributed by atoms with Gasteiger partial charge in [0.2, 0.25) is 5.91 Å². The van der Waals surface area contributed by atoms with Gasteiger partial charge in [-0.05, 0) is 24.6 Å². The van der Waals surface area contributed by atoms with Crippen LogP contribution < -0.4 is 4.90 Å². The van der Waals surface area contributed by atoms with E-state index in [2.05, 4.69) is 0 Å². The summed E-state index contributed by atoms with van der Waals surface area (Å²) >= 11 is 0. The summed E-state index contributed by atoms with van der Waals surface area (Å²) < 4.78 is 0. The highest BCUT2D eigenvalue weighted by atomic mass is 16.4. The lowest BCUT2D eigenvalue weighted by Gasteiger charge is -2.18. The Kier molecular flexibility index (Phi) is 3.09. The highest BCUT2D eigenvalue weighted by molar-refractivity contribution is 5.96. The summed E-state index contributed by atoms with van der Waals surface area (Å²) in [7, 11) is 1.62. The van der Waals surface area contributed by atoms with Gasteiger partial charge < -0.3 is 10.0 Å². The van der Waals surface area contributed by atoms with E-state index in [1.165, 1.54) is 17.9 Å². The fourth-order valence-electron chi connectivity index (χ4n) is 1.39. The maximum absolute atomic E-state index is 11.2. The zero-order valence-electron chi connectivity index (χ0n) is 8.94. The molecule has 1 amide bonds. The van der Waals surface area contributed by atoms with E-state index in [0.717, 1.165) is 0 Å². The number of carbonyl (C=O) groups excluding carboxylic acids is 1. The number of hydrogen-bond acceptors (Lipinski definition) is 2. The van der Waals surface area contributed by atoms with Gasteiger partial charge in [-0.2, -0.15) is 0 Å². The van der Waals surface area contributed by atoms with Gasteiger partial charge in [0.05, 0.1) is 5.56 Å². The van der Waals surface area contributed by atoms with Crippen molar-refractivity contribution in [3.8, 4) is 0 Å². The Balaban J connectivity index is 3.26. The molecule has 1 aromatic carbocycles. The van der Waals surface area contributed by atoms with Gasteiger partial charge in [0.15, 0.2) is 0 Å². The van der Waals surface area contributed by atoms with Gasteiger partial charge >= 0.3 is 5.97 Å². The van der Waals surface area contributed by atoms with Crippen molar-refractivity contribution < 1.29 is 14.7 Å². The van der Waals surface area contributed by atoms with E-state index < -0.39 is 5.97 Å². The molecule has 0 spiro atoms. The molecule has 1 aromatic rings. The van der Waals surface area contributed by atoms with E-state index >= 15 is 0 Å². The normalized spacial score (nSPS) is 9.80. The van der Waals surface area contributed by atoms with Gasteiger partial charge in [0.1, 0.15) is 0 Å². The summed E-state index contributed by atoms with van der Waals surface area (Å²) in [6.07, 6.45) is 0. The molecule has 0 heterocycles. The Morgan fingerprint density at radius 1 is 1.33 bits per heavy atom. The molecule has 1 rings (SSSR count). The molecule has 80 valence electrons. The highest BCUT2D eigenvalue weighted by Gasteiger charge is 2.14. The number of carboxylic acid groups (broad SMARTS) is 1. The van der Waals surface area contributed by atoms with Gasteiger partial charge in [-0.3, -0.25) is 4.79 Å². The Morgan fingerprint density at radius 2 is 1.93 bits per heavy atom. The topological polar surface area (TPSA) is 57.6 Å². The maximum atomic E-state index is 11.2. The van der Waals surface area contributed by atoms with E-state index in [4.69, 9.17) is 5.11 Å². The van der Waals surface area contributed by atoms with Crippen LogP contribution in [0.5, 0.6) is 0 Å². The van der Waals surface area contributed by atoms with E-state index in [1.54, 1.807) is 26.1 Å². The zero-order chi connectivity index (χ0) is 11.6. The van der Waals surface area contributed by atoms with Crippen LogP contribution in [0.1, 0.15) is 22.8 Å². The van der Waals surface area contributed by atoms with Crippen molar-refractivity contribution in [2.45, 2.75) is 13.8 Å². The second-order valence-electron chi connectivity index (χ2n) is 3.33. The molecule has 0 radical (unpaired) electrons. The number of hydrogen-bond donors (Lipinski definition) is 1. The molecule has 4 nitrogen and oxygen atoms in total. The molecule has 0 aromatic heterocycles. The SMILES string of the molecule is CC(=O)N(C)c1cccc(C(=O)O)c1C. The molecular formula is C11H13NO3. The number of carbonyl (C=O) groups is 2. The number of carboxylic acids is 1. The van der Waals surface area contributed by atoms with Crippen LogP contribution in [-0.2, 0) is 4.79 Å². The Hall–Kier alpha value is -1.84. The van der Waals surface area contributed by atoms with Gasteiger partial charge in [-0.25, -0.2) is 4.79 Å². The number of amides is 1. The van der Waals surface area contributed by atoms with Crippen LogP contribution in [0.25, 0.3) is 0 Å². The van der Waals surface area contributed by atoms with Crippen LogP contribution in [0, 0.1) is 6.92 Å². The van der Waals surface area contributed by atoms with Crippen molar-refractivity contribution in [3.05, 3.63) is 29.3 Å². The Morgan fingerprint density at radius 3 is 2.40 bits per heavy atom. The van der Waals surface area contributed by atoms with Crippen LogP contribution in [0.4, 0.5) is 5.69 Å². The van der Waals surface area contributed by atoms with E-state index in [1.807, 2.05) is 0 Å². The highest BCUT2D eigenvalue weighted by Crippen LogP contribution is 2.22. The molecule has 0 aliphatic heterocycles. The third-order valence-corrected chi connectivity index (χ3v) is 2.37. The van der Waals surface area contributed by atoms with Gasteiger partial charge in [0, 0.05) is 19.7 Å². The number of anilines is 1. The Bertz CT molecular complexity index is 412. The number of rotatable bonds is 2. The second kappa shape index (κ2) is 4.13. The zero-order valence-corrected chi connectivity index (χ0v) is 8.94. The van der Waals surface area contributed by atoms with Crippen molar-refractivity contribution in [2.75, 3.05) is 11.9 Å². The molecule has 0 fully saturated rings. The summed E-state index contributed by atoms with van der Waals surface area (Å²) in [6.45, 7) is 3.13. The molecule has 0 saturated carbocycles. The van der Waals surface area contributed by atoms with Gasteiger partial charge in [-0.15, -0.1) is 0 Å². The fraction of sp³-hybridized carbons (Fsp3) is 0.273. The minimum Gasteiger partial charge on any atom is -0.478 e. The smallest absolute Gasteiger partial charge is 0.336 e. The molecule has 0 bridgehead atoms. The molecule has 15 heavy (non-hydrogen) atoms. The van der Waals surface area contributed by atoms with Crippen molar-refractivity contribution in [2.24, 2.45) is 0 Å². The molecule has 0 unspecified atom stereocenters. The van der Waals surface area contributed by atoms with E-state index in [0.29, 0.717) is 11.3 Å². The predicted octanol–water partition coefficient (Wildman–Crippen LogP) is 1.68. The Labute approximate surface area is 88.1 Å². The summed E-state index contributed by atoms with van der Waals surface area (Å²) in [6, 6.07) is 4.88.